The van der Waals surface area contributed by atoms with E-state index >= 15 is 0 Å². The fourth-order valence-corrected chi connectivity index (χ4v) is 2.59. The van der Waals surface area contributed by atoms with Crippen molar-refractivity contribution in [2.24, 2.45) is 7.05 Å². The number of rotatable bonds is 4. The molecule has 2 heterocycles. The van der Waals surface area contributed by atoms with Crippen molar-refractivity contribution in [1.29, 1.82) is 0 Å². The number of hydrogen-bond acceptors (Lipinski definition) is 5. The second kappa shape index (κ2) is 5.12. The Kier molecular flexibility index (Phi) is 3.67. The maximum Gasteiger partial charge on any atom is 0.356 e. The van der Waals surface area contributed by atoms with Crippen LogP contribution in [-0.2, 0) is 21.8 Å². The van der Waals surface area contributed by atoms with Gasteiger partial charge in [0.15, 0.2) is 5.69 Å². The lowest BCUT2D eigenvalue weighted by Gasteiger charge is -2.08. The molecule has 8 heteroatoms. The summed E-state index contributed by atoms with van der Waals surface area (Å²) >= 11 is 0. The zero-order chi connectivity index (χ0) is 14.9. The Morgan fingerprint density at radius 3 is 2.80 bits per heavy atom. The molecule has 0 aromatic carbocycles. The molecule has 2 rings (SSSR count). The third kappa shape index (κ3) is 2.34. The van der Waals surface area contributed by atoms with E-state index in [1.807, 2.05) is 0 Å². The van der Waals surface area contributed by atoms with Crippen LogP contribution in [0.5, 0.6) is 0 Å². The van der Waals surface area contributed by atoms with Crippen LogP contribution in [0.15, 0.2) is 18.3 Å². The quantitative estimate of drug-likeness (QED) is 0.854. The highest BCUT2D eigenvalue weighted by Gasteiger charge is 2.24. The number of sulfonamides is 1. The molecule has 0 aliphatic heterocycles. The van der Waals surface area contributed by atoms with Crippen LogP contribution < -0.4 is 4.72 Å². The van der Waals surface area contributed by atoms with Crippen LogP contribution in [0.1, 0.15) is 17.4 Å². The summed E-state index contributed by atoms with van der Waals surface area (Å²) in [6.45, 7) is 1.52. The number of esters is 1. The van der Waals surface area contributed by atoms with Gasteiger partial charge in [-0.15, -0.1) is 0 Å². The Morgan fingerprint density at radius 2 is 2.20 bits per heavy atom. The van der Waals surface area contributed by atoms with E-state index in [1.54, 1.807) is 25.4 Å². The van der Waals surface area contributed by atoms with Crippen LogP contribution >= 0.6 is 0 Å². The number of aryl methyl sites for hydroxylation is 1. The fourth-order valence-electron chi connectivity index (χ4n) is 1.93. The van der Waals surface area contributed by atoms with Crippen molar-refractivity contribution in [3.8, 4) is 0 Å². The molecule has 0 amide bonds. The summed E-state index contributed by atoms with van der Waals surface area (Å²) in [6, 6.07) is 3.37. The SMILES string of the molecule is CCS(=O)(=O)Nc1c(C(=O)OC)n(C)c2ncccc12. The number of aromatic nitrogens is 2. The Hall–Kier alpha value is -2.09. The van der Waals surface area contributed by atoms with Crippen molar-refractivity contribution in [3.63, 3.8) is 0 Å². The number of fused-ring (bicyclic) bond motifs is 1. The van der Waals surface area contributed by atoms with Crippen LogP contribution in [0.3, 0.4) is 0 Å². The highest BCUT2D eigenvalue weighted by Crippen LogP contribution is 2.30. The maximum absolute atomic E-state index is 11.9. The van der Waals surface area contributed by atoms with Crippen molar-refractivity contribution in [2.45, 2.75) is 6.92 Å². The lowest BCUT2D eigenvalue weighted by Crippen LogP contribution is -2.18. The number of carbonyl (C=O) groups excluding carboxylic acids is 1. The molecule has 0 spiro atoms. The van der Waals surface area contributed by atoms with Gasteiger partial charge in [0.25, 0.3) is 0 Å². The Labute approximate surface area is 116 Å². The summed E-state index contributed by atoms with van der Waals surface area (Å²) in [5, 5.41) is 0.549. The summed E-state index contributed by atoms with van der Waals surface area (Å²) in [4.78, 5) is 16.0. The van der Waals surface area contributed by atoms with E-state index in [2.05, 4.69) is 9.71 Å². The van der Waals surface area contributed by atoms with E-state index < -0.39 is 16.0 Å². The minimum Gasteiger partial charge on any atom is -0.464 e. The topological polar surface area (TPSA) is 90.3 Å². The molecule has 0 saturated heterocycles. The first-order chi connectivity index (χ1) is 9.41. The van der Waals surface area contributed by atoms with E-state index in [4.69, 9.17) is 4.74 Å². The van der Waals surface area contributed by atoms with E-state index in [0.717, 1.165) is 0 Å². The molecule has 0 unspecified atom stereocenters. The van der Waals surface area contributed by atoms with E-state index in [-0.39, 0.29) is 17.1 Å². The monoisotopic (exact) mass is 297 g/mol. The van der Waals surface area contributed by atoms with Crippen LogP contribution in [0.25, 0.3) is 11.0 Å². The van der Waals surface area contributed by atoms with Gasteiger partial charge in [-0.05, 0) is 19.1 Å². The number of hydrogen-bond donors (Lipinski definition) is 1. The zero-order valence-corrected chi connectivity index (χ0v) is 12.2. The fraction of sp³-hybridized carbons (Fsp3) is 0.333. The molecule has 0 saturated carbocycles. The molecule has 0 bridgehead atoms. The number of carbonyl (C=O) groups is 1. The molecule has 0 fully saturated rings. The Bertz CT molecular complexity index is 764. The minimum atomic E-state index is -3.51. The first-order valence-electron chi connectivity index (χ1n) is 5.93. The first-order valence-corrected chi connectivity index (χ1v) is 7.58. The average Bonchev–Trinajstić information content (AvgIpc) is 2.71. The minimum absolute atomic E-state index is 0.0930. The Morgan fingerprint density at radius 1 is 1.50 bits per heavy atom. The highest BCUT2D eigenvalue weighted by atomic mass is 32.2. The van der Waals surface area contributed by atoms with Gasteiger partial charge in [-0.25, -0.2) is 18.2 Å². The number of pyridine rings is 1. The zero-order valence-electron chi connectivity index (χ0n) is 11.4. The summed E-state index contributed by atoms with van der Waals surface area (Å²) in [5.74, 6) is -0.719. The third-order valence-corrected chi connectivity index (χ3v) is 4.24. The summed E-state index contributed by atoms with van der Waals surface area (Å²) in [7, 11) is -0.642. The largest absolute Gasteiger partial charge is 0.464 e. The normalized spacial score (nSPS) is 11.6. The van der Waals surface area contributed by atoms with Crippen molar-refractivity contribution in [1.82, 2.24) is 9.55 Å². The average molecular weight is 297 g/mol. The molecule has 0 aliphatic rings. The van der Waals surface area contributed by atoms with Gasteiger partial charge in [0.05, 0.1) is 18.6 Å². The van der Waals surface area contributed by atoms with Crippen molar-refractivity contribution >= 4 is 32.7 Å². The highest BCUT2D eigenvalue weighted by molar-refractivity contribution is 7.92. The number of ether oxygens (including phenoxy) is 1. The number of nitrogens with one attached hydrogen (secondary N) is 1. The molecule has 1 N–H and O–H groups in total. The number of methoxy groups -OCH3 is 1. The van der Waals surface area contributed by atoms with E-state index in [1.165, 1.54) is 18.6 Å². The molecule has 2 aromatic heterocycles. The van der Waals surface area contributed by atoms with Gasteiger partial charge >= 0.3 is 5.97 Å². The van der Waals surface area contributed by atoms with Gasteiger partial charge < -0.3 is 9.30 Å². The van der Waals surface area contributed by atoms with Gasteiger partial charge in [0, 0.05) is 18.6 Å². The molecule has 7 nitrogen and oxygen atoms in total. The van der Waals surface area contributed by atoms with Crippen molar-refractivity contribution in [3.05, 3.63) is 24.0 Å². The first kappa shape index (κ1) is 14.3. The van der Waals surface area contributed by atoms with Crippen molar-refractivity contribution in [2.75, 3.05) is 17.6 Å². The molecule has 20 heavy (non-hydrogen) atoms. The van der Waals surface area contributed by atoms with Crippen LogP contribution in [0, 0.1) is 0 Å². The van der Waals surface area contributed by atoms with E-state index in [9.17, 15) is 13.2 Å². The van der Waals surface area contributed by atoms with Gasteiger partial charge in [-0.2, -0.15) is 0 Å². The van der Waals surface area contributed by atoms with Crippen molar-refractivity contribution < 1.29 is 17.9 Å². The standard InChI is InChI=1S/C12H15N3O4S/c1-4-20(17,18)14-9-8-6-5-7-13-11(8)15(2)10(9)12(16)19-3/h5-7,14H,4H2,1-3H3. The molecule has 0 atom stereocenters. The van der Waals surface area contributed by atoms with Gasteiger partial charge in [0.2, 0.25) is 10.0 Å². The summed E-state index contributed by atoms with van der Waals surface area (Å²) in [5.41, 5.74) is 0.823. The molecular formula is C12H15N3O4S. The second-order valence-corrected chi connectivity index (χ2v) is 6.17. The molecule has 2 aromatic rings. The molecule has 108 valence electrons. The lowest BCUT2D eigenvalue weighted by molar-refractivity contribution is 0.0591. The lowest BCUT2D eigenvalue weighted by atomic mass is 10.3. The van der Waals surface area contributed by atoms with Crippen LogP contribution in [0.4, 0.5) is 5.69 Å². The second-order valence-electron chi connectivity index (χ2n) is 4.15. The van der Waals surface area contributed by atoms with Gasteiger partial charge in [0.1, 0.15) is 5.65 Å². The smallest absolute Gasteiger partial charge is 0.356 e. The van der Waals surface area contributed by atoms with E-state index in [0.29, 0.717) is 11.0 Å². The van der Waals surface area contributed by atoms with Crippen LogP contribution in [0.2, 0.25) is 0 Å². The maximum atomic E-state index is 11.9. The predicted octanol–water partition coefficient (Wildman–Crippen LogP) is 1.12. The van der Waals surface area contributed by atoms with Crippen LogP contribution in [-0.4, -0.2) is 36.8 Å². The van der Waals surface area contributed by atoms with Gasteiger partial charge in [-0.1, -0.05) is 0 Å². The molecular weight excluding hydrogens is 282 g/mol. The molecule has 0 radical (unpaired) electrons. The summed E-state index contributed by atoms with van der Waals surface area (Å²) < 4.78 is 32.2. The number of anilines is 1. The van der Waals surface area contributed by atoms with Gasteiger partial charge in [-0.3, -0.25) is 4.72 Å². The summed E-state index contributed by atoms with van der Waals surface area (Å²) in [6.07, 6.45) is 1.57. The Balaban J connectivity index is 2.75. The predicted molar refractivity (Wildman–Crippen MR) is 75.1 cm³/mol. The molecule has 0 aliphatic carbocycles. The number of nitrogens with zero attached hydrogens (tertiary/aromatic N) is 2. The third-order valence-electron chi connectivity index (χ3n) is 2.96.